The number of primary amides is 2. The Kier molecular flexibility index (Phi) is 30.5. The van der Waals surface area contributed by atoms with Gasteiger partial charge in [-0.2, -0.15) is 9.67 Å². The maximum atomic E-state index is 12.1. The van der Waals surface area contributed by atoms with Gasteiger partial charge < -0.3 is 35.4 Å². The van der Waals surface area contributed by atoms with Crippen LogP contribution in [0.1, 0.15) is 21.0 Å². The predicted molar refractivity (Wildman–Crippen MR) is 250 cm³/mol. The molecule has 0 aromatic carbocycles. The maximum Gasteiger partial charge on any atom is 0.468 e. The summed E-state index contributed by atoms with van der Waals surface area (Å²) in [6.07, 6.45) is 5.56. The van der Waals surface area contributed by atoms with E-state index in [1.165, 1.54) is 24.8 Å². The second kappa shape index (κ2) is 31.6. The van der Waals surface area contributed by atoms with Crippen LogP contribution >= 0.6 is 11.6 Å². The molecule has 62 heavy (non-hydrogen) atoms. The zero-order valence-electron chi connectivity index (χ0n) is 38.4. The van der Waals surface area contributed by atoms with Gasteiger partial charge in [-0.05, 0) is 24.2 Å². The number of fused-ring (bicyclic) bond motifs is 1. The van der Waals surface area contributed by atoms with Crippen molar-refractivity contribution in [1.29, 1.82) is 5.53 Å². The minimum absolute atomic E-state index is 0.0103. The van der Waals surface area contributed by atoms with Crippen LogP contribution in [-0.4, -0.2) is 141 Å². The van der Waals surface area contributed by atoms with Crippen LogP contribution in [0.5, 0.6) is 0 Å². The fourth-order valence-electron chi connectivity index (χ4n) is 3.64. The highest BCUT2D eigenvalue weighted by molar-refractivity contribution is 6.77. The van der Waals surface area contributed by atoms with E-state index in [1.807, 2.05) is 0 Å². The molecule has 0 aliphatic carbocycles. The zero-order valence-corrected chi connectivity index (χ0v) is 43.2. The quantitative estimate of drug-likeness (QED) is 0.0181. The molecule has 7 N–H and O–H groups in total. The lowest BCUT2D eigenvalue weighted by molar-refractivity contribution is 0.0712. The second-order valence-corrected chi connectivity index (χ2v) is 40.7. The van der Waals surface area contributed by atoms with Gasteiger partial charge >= 0.3 is 11.8 Å². The molecule has 3 aromatic rings. The molecule has 0 bridgehead atoms. The van der Waals surface area contributed by atoms with Crippen LogP contribution in [0.4, 0.5) is 5.82 Å². The van der Waals surface area contributed by atoms with E-state index < -0.39 is 49.8 Å². The Morgan fingerprint density at radius 2 is 1.29 bits per heavy atom. The van der Waals surface area contributed by atoms with Crippen molar-refractivity contribution in [2.24, 2.45) is 26.6 Å². The summed E-state index contributed by atoms with van der Waals surface area (Å²) in [6.45, 7) is 30.6. The van der Waals surface area contributed by atoms with Gasteiger partial charge in [0.1, 0.15) is 25.9 Å². The first kappa shape index (κ1) is 59.9. The molecule has 0 fully saturated rings. The predicted octanol–water partition coefficient (Wildman–Crippen LogP) is 5.62. The van der Waals surface area contributed by atoms with Gasteiger partial charge in [0, 0.05) is 58.7 Å². The van der Waals surface area contributed by atoms with E-state index in [9.17, 15) is 19.2 Å². The summed E-state index contributed by atoms with van der Waals surface area (Å²) >= 11 is 5.32. The number of ether oxygens (including phenoxy) is 4. The number of nitrogens with two attached hydrogens (primary N) is 2. The van der Waals surface area contributed by atoms with Crippen molar-refractivity contribution in [2.45, 2.75) is 109 Å². The summed E-state index contributed by atoms with van der Waals surface area (Å²) in [5, 5.41) is 10.5. The fourth-order valence-corrected chi connectivity index (χ4v) is 6.78. The van der Waals surface area contributed by atoms with Crippen LogP contribution in [0, 0.1) is 5.53 Å². The molecule has 3 rings (SSSR count). The van der Waals surface area contributed by atoms with Crippen molar-refractivity contribution in [2.75, 3.05) is 46.0 Å². The van der Waals surface area contributed by atoms with Gasteiger partial charge in [0.05, 0.1) is 6.33 Å². The third-order valence-electron chi connectivity index (χ3n) is 7.34. The summed E-state index contributed by atoms with van der Waals surface area (Å²) < 4.78 is 22.8. The number of nitrogens with one attached hydrogen (secondary N) is 2. The van der Waals surface area contributed by atoms with E-state index in [2.05, 4.69) is 119 Å². The molecule has 22 nitrogen and oxygen atoms in total. The summed E-state index contributed by atoms with van der Waals surface area (Å²) in [5.74, 6) is -1.40. The van der Waals surface area contributed by atoms with Crippen LogP contribution in [0.25, 0.3) is 5.65 Å². The number of carbonyl (C=O) groups excluding carboxylic acids is 4. The number of amides is 2. The monoisotopic (exact) mass is 962 g/mol. The lowest BCUT2D eigenvalue weighted by atomic mass is 10.4. The average molecular weight is 964 g/mol. The van der Waals surface area contributed by atoms with Gasteiger partial charge in [-0.15, -0.1) is 15.2 Å². The first-order valence-electron chi connectivity index (χ1n) is 19.5. The van der Waals surface area contributed by atoms with E-state index in [1.54, 1.807) is 6.08 Å². The molecule has 0 unspecified atom stereocenters. The van der Waals surface area contributed by atoms with Crippen LogP contribution in [0.15, 0.2) is 32.5 Å². The molecule has 350 valence electrons. The summed E-state index contributed by atoms with van der Waals surface area (Å²) in [4.78, 5) is 67.8. The minimum atomic E-state index is -1.18. The summed E-state index contributed by atoms with van der Waals surface area (Å²) in [7, 11) is -4.00. The third kappa shape index (κ3) is 32.5. The molecule has 0 radical (unpaired) electrons. The number of H-pyrrole nitrogens is 1. The van der Waals surface area contributed by atoms with Gasteiger partial charge in [-0.1, -0.05) is 95.4 Å². The summed E-state index contributed by atoms with van der Waals surface area (Å²) in [5.41, 5.74) is 16.1. The smallest absolute Gasteiger partial charge is 0.366 e. The van der Waals surface area contributed by atoms with Crippen molar-refractivity contribution >= 4 is 79.3 Å². The van der Waals surface area contributed by atoms with Crippen LogP contribution < -0.4 is 17.2 Å². The number of alkyl halides is 1. The molecule has 0 saturated heterocycles. The standard InChI is InChI=1S/C11H18N6O3Si.2C7H15NO2Si.C6H15ClOSi.C4H5N5O/c1-21(2,3)5-4-20-7-17-11(19)16-6-13-8(9(12)18)10(16)14-15-17;2*1-11(2,3)5-4-10-7-8-6-9;1-9(2,3)5-4-8-6-7;5-3(10)2-4(9-6)8-1-7-2/h6H,4-5,7H2,1-3H3,(H2,12,18);2*4-5,7H2,1-3H3;4-6H2,1-3H3;1,6H,(H2,5,10)(H,7,8)/p+1. The van der Waals surface area contributed by atoms with Crippen molar-refractivity contribution in [3.63, 3.8) is 0 Å². The summed E-state index contributed by atoms with van der Waals surface area (Å²) in [6, 6.07) is 4.79. The van der Waals surface area contributed by atoms with E-state index in [0.29, 0.717) is 19.3 Å². The topological polar surface area (TPSA) is 316 Å². The Balaban J connectivity index is 0. The van der Waals surface area contributed by atoms with Crippen LogP contribution in [0.2, 0.25) is 103 Å². The van der Waals surface area contributed by atoms with Gasteiger partial charge in [-0.25, -0.2) is 34.3 Å². The number of isocyanates is 2. The fraction of sp³-hybridized carbons (Fsp3) is 0.686. The molecule has 0 aliphatic heterocycles. The van der Waals surface area contributed by atoms with E-state index in [-0.39, 0.29) is 43.0 Å². The van der Waals surface area contributed by atoms with Crippen LogP contribution in [0.3, 0.4) is 0 Å². The lowest BCUT2D eigenvalue weighted by Crippen LogP contribution is -2.31. The highest BCUT2D eigenvalue weighted by Gasteiger charge is 2.17. The molecular formula is C35H69ClN13O9Si4+. The van der Waals surface area contributed by atoms with Gasteiger partial charge in [0.25, 0.3) is 11.8 Å². The van der Waals surface area contributed by atoms with Crippen molar-refractivity contribution < 1.29 is 38.1 Å². The molecular weight excluding hydrogens is 894 g/mol. The molecule has 27 heteroatoms. The number of aliphatic imine (C=N–C) groups is 2. The Hall–Kier alpha value is -4.21. The molecule has 0 saturated carbocycles. The number of carbonyl (C=O) groups is 2. The first-order chi connectivity index (χ1) is 28.7. The normalized spacial score (nSPS) is 11.1. The SMILES string of the molecule is C[Si](C)(C)CCOCCl.C[Si](C)(C)CCOCN=C=O.C[Si](C)(C)CCOCN=C=[OH+].C[Si](C)(C)CCOCn1nnc2c(C(N)=O)ncn2c1=O.N=Nc1nc[nH]c1C(N)=O. The van der Waals surface area contributed by atoms with Crippen molar-refractivity contribution in [3.05, 3.63) is 34.5 Å². The second-order valence-electron chi connectivity index (χ2n) is 18.0. The number of halogens is 1. The van der Waals surface area contributed by atoms with Gasteiger partial charge in [0.15, 0.2) is 23.8 Å². The molecule has 0 aliphatic rings. The number of aromatic amines is 1. The largest absolute Gasteiger partial charge is 0.468 e. The maximum absolute atomic E-state index is 12.1. The number of aromatic nitrogens is 7. The highest BCUT2D eigenvalue weighted by Crippen LogP contribution is 2.12. The van der Waals surface area contributed by atoms with Crippen molar-refractivity contribution in [1.82, 2.24) is 34.3 Å². The minimum Gasteiger partial charge on any atom is -0.366 e. The molecule has 3 heterocycles. The highest BCUT2D eigenvalue weighted by atomic mass is 35.5. The Morgan fingerprint density at radius 3 is 1.69 bits per heavy atom. The van der Waals surface area contributed by atoms with Gasteiger partial charge in [0.2, 0.25) is 11.9 Å². The molecule has 2 amide bonds. The Morgan fingerprint density at radius 1 is 0.806 bits per heavy atom. The van der Waals surface area contributed by atoms with E-state index in [4.69, 9.17) is 52.3 Å². The molecule has 0 spiro atoms. The Labute approximate surface area is 372 Å². The van der Waals surface area contributed by atoms with E-state index >= 15 is 0 Å². The number of hydrogen-bond acceptors (Lipinski definition) is 16. The average Bonchev–Trinajstić information content (AvgIpc) is 3.82. The zero-order chi connectivity index (χ0) is 48.0. The van der Waals surface area contributed by atoms with Crippen molar-refractivity contribution in [3.8, 4) is 0 Å². The molecule has 3 aromatic heterocycles. The third-order valence-corrected chi connectivity index (χ3v) is 14.3. The Bertz CT molecular complexity index is 1870. The van der Waals surface area contributed by atoms with Gasteiger partial charge in [-0.3, -0.25) is 9.59 Å². The van der Waals surface area contributed by atoms with Crippen LogP contribution in [-0.2, 0) is 30.5 Å². The first-order valence-corrected chi connectivity index (χ1v) is 34.9. The molecule has 0 atom stereocenters. The number of rotatable bonds is 22. The number of hydrogen-bond donors (Lipinski definition) is 4. The van der Waals surface area contributed by atoms with E-state index in [0.717, 1.165) is 40.4 Å². The number of imidazole rings is 2. The number of nitrogens with zero attached hydrogens (tertiary/aromatic N) is 9. The lowest BCUT2D eigenvalue weighted by Gasteiger charge is -2.15.